The van der Waals surface area contributed by atoms with Gasteiger partial charge in [-0.25, -0.2) is 4.39 Å². The van der Waals surface area contributed by atoms with Crippen molar-refractivity contribution in [1.29, 1.82) is 0 Å². The summed E-state index contributed by atoms with van der Waals surface area (Å²) in [5.74, 6) is -0.797. The van der Waals surface area contributed by atoms with Crippen LogP contribution >= 0.6 is 0 Å². The molecule has 2 aliphatic rings. The standard InChI is InChI=1S/C25H28FN3O3/c1-2-28-12-13-29(25(32)22-10-11-23(30)27-22)16-20(24(28)31)15-17-4-3-5-19(14-17)18-6-8-21(26)9-7-18/h3-9,14,20,22H,2,10-13,15-16H2,1H3,(H,27,30)/t20-,22+/m0/s1. The Kier molecular flexibility index (Phi) is 6.53. The molecule has 1 N–H and O–H groups in total. The van der Waals surface area contributed by atoms with Crippen molar-refractivity contribution in [2.45, 2.75) is 32.2 Å². The first-order valence-electron chi connectivity index (χ1n) is 11.2. The van der Waals surface area contributed by atoms with Crippen molar-refractivity contribution in [3.8, 4) is 11.1 Å². The Labute approximate surface area is 187 Å². The lowest BCUT2D eigenvalue weighted by atomic mass is 9.94. The van der Waals surface area contributed by atoms with E-state index in [1.54, 1.807) is 21.9 Å². The minimum Gasteiger partial charge on any atom is -0.344 e. The number of rotatable bonds is 5. The Balaban J connectivity index is 1.54. The number of nitrogens with zero attached hydrogens (tertiary/aromatic N) is 2. The van der Waals surface area contributed by atoms with Crippen LogP contribution in [-0.2, 0) is 20.8 Å². The molecule has 2 saturated heterocycles. The number of carbonyl (C=O) groups is 3. The van der Waals surface area contributed by atoms with Crippen LogP contribution in [0.2, 0.25) is 0 Å². The van der Waals surface area contributed by atoms with Crippen molar-refractivity contribution in [3.05, 3.63) is 59.9 Å². The normalized spacial score (nSPS) is 21.4. The summed E-state index contributed by atoms with van der Waals surface area (Å²) in [6.45, 7) is 3.83. The zero-order valence-electron chi connectivity index (χ0n) is 18.2. The third-order valence-electron chi connectivity index (χ3n) is 6.31. The lowest BCUT2D eigenvalue weighted by molar-refractivity contribution is -0.136. The Morgan fingerprint density at radius 3 is 2.56 bits per heavy atom. The fourth-order valence-electron chi connectivity index (χ4n) is 4.54. The summed E-state index contributed by atoms with van der Waals surface area (Å²) < 4.78 is 13.3. The van der Waals surface area contributed by atoms with E-state index in [0.29, 0.717) is 45.4 Å². The maximum atomic E-state index is 13.3. The molecule has 2 heterocycles. The molecule has 0 bridgehead atoms. The minimum atomic E-state index is -0.492. The molecule has 0 aromatic heterocycles. The van der Waals surface area contributed by atoms with E-state index in [9.17, 15) is 18.8 Å². The van der Waals surface area contributed by atoms with Gasteiger partial charge in [-0.15, -0.1) is 0 Å². The van der Waals surface area contributed by atoms with Gasteiger partial charge >= 0.3 is 0 Å². The van der Waals surface area contributed by atoms with E-state index in [-0.39, 0.29) is 29.5 Å². The van der Waals surface area contributed by atoms with E-state index in [1.807, 2.05) is 31.2 Å². The summed E-state index contributed by atoms with van der Waals surface area (Å²) in [4.78, 5) is 41.3. The molecule has 168 valence electrons. The van der Waals surface area contributed by atoms with Crippen molar-refractivity contribution in [2.75, 3.05) is 26.2 Å². The van der Waals surface area contributed by atoms with Crippen molar-refractivity contribution >= 4 is 17.7 Å². The third-order valence-corrected chi connectivity index (χ3v) is 6.31. The molecule has 2 aliphatic heterocycles. The molecule has 4 rings (SSSR count). The molecule has 2 atom stereocenters. The van der Waals surface area contributed by atoms with Crippen LogP contribution in [0.3, 0.4) is 0 Å². The Hall–Kier alpha value is -3.22. The molecule has 32 heavy (non-hydrogen) atoms. The topological polar surface area (TPSA) is 69.7 Å². The maximum absolute atomic E-state index is 13.3. The number of hydrogen-bond acceptors (Lipinski definition) is 3. The summed E-state index contributed by atoms with van der Waals surface area (Å²) in [5, 5.41) is 2.75. The second kappa shape index (κ2) is 9.51. The average Bonchev–Trinajstić information content (AvgIpc) is 3.17. The van der Waals surface area contributed by atoms with Crippen molar-refractivity contribution < 1.29 is 18.8 Å². The molecule has 2 aromatic rings. The molecule has 0 saturated carbocycles. The lowest BCUT2D eigenvalue weighted by Gasteiger charge is -2.26. The van der Waals surface area contributed by atoms with E-state index in [2.05, 4.69) is 5.32 Å². The van der Waals surface area contributed by atoms with Gasteiger partial charge in [-0.05, 0) is 48.6 Å². The summed E-state index contributed by atoms with van der Waals surface area (Å²) >= 11 is 0. The highest BCUT2D eigenvalue weighted by Crippen LogP contribution is 2.24. The highest BCUT2D eigenvalue weighted by molar-refractivity contribution is 5.91. The van der Waals surface area contributed by atoms with Gasteiger partial charge in [-0.3, -0.25) is 14.4 Å². The lowest BCUT2D eigenvalue weighted by Crippen LogP contribution is -2.46. The largest absolute Gasteiger partial charge is 0.344 e. The van der Waals surface area contributed by atoms with Gasteiger partial charge in [-0.2, -0.15) is 0 Å². The van der Waals surface area contributed by atoms with Crippen LogP contribution in [0.1, 0.15) is 25.3 Å². The van der Waals surface area contributed by atoms with Crippen LogP contribution in [0.15, 0.2) is 48.5 Å². The van der Waals surface area contributed by atoms with Crippen LogP contribution in [0.5, 0.6) is 0 Å². The molecule has 7 heteroatoms. The first kappa shape index (κ1) is 22.0. The highest BCUT2D eigenvalue weighted by Gasteiger charge is 2.36. The molecule has 0 spiro atoms. The van der Waals surface area contributed by atoms with Crippen molar-refractivity contribution in [1.82, 2.24) is 15.1 Å². The quantitative estimate of drug-likeness (QED) is 0.782. The average molecular weight is 438 g/mol. The summed E-state index contributed by atoms with van der Waals surface area (Å²) in [7, 11) is 0. The van der Waals surface area contributed by atoms with Crippen LogP contribution in [-0.4, -0.2) is 59.7 Å². The van der Waals surface area contributed by atoms with Gasteiger partial charge in [0.1, 0.15) is 11.9 Å². The van der Waals surface area contributed by atoms with Crippen LogP contribution in [0, 0.1) is 11.7 Å². The van der Waals surface area contributed by atoms with E-state index < -0.39 is 6.04 Å². The van der Waals surface area contributed by atoms with Gasteiger partial charge in [0.2, 0.25) is 17.7 Å². The van der Waals surface area contributed by atoms with Crippen molar-refractivity contribution in [2.24, 2.45) is 5.92 Å². The molecule has 3 amide bonds. The molecular weight excluding hydrogens is 409 g/mol. The predicted octanol–water partition coefficient (Wildman–Crippen LogP) is 2.62. The fourth-order valence-corrected chi connectivity index (χ4v) is 4.54. The van der Waals surface area contributed by atoms with E-state index in [1.165, 1.54) is 12.1 Å². The number of likely N-dealkylation sites (N-methyl/N-ethyl adjacent to an activating group) is 1. The number of benzene rings is 2. The van der Waals surface area contributed by atoms with E-state index >= 15 is 0 Å². The number of nitrogens with one attached hydrogen (secondary N) is 1. The van der Waals surface area contributed by atoms with Gasteiger partial charge in [-0.1, -0.05) is 36.4 Å². The molecule has 2 fully saturated rings. The Morgan fingerprint density at radius 1 is 1.09 bits per heavy atom. The van der Waals surface area contributed by atoms with Gasteiger partial charge < -0.3 is 15.1 Å². The first-order valence-corrected chi connectivity index (χ1v) is 11.2. The molecule has 0 radical (unpaired) electrons. The zero-order valence-corrected chi connectivity index (χ0v) is 18.2. The number of amides is 3. The maximum Gasteiger partial charge on any atom is 0.245 e. The molecule has 0 unspecified atom stereocenters. The monoisotopic (exact) mass is 437 g/mol. The van der Waals surface area contributed by atoms with Crippen LogP contribution < -0.4 is 5.32 Å². The molecule has 0 aliphatic carbocycles. The highest BCUT2D eigenvalue weighted by atomic mass is 19.1. The summed E-state index contributed by atoms with van der Waals surface area (Å²) in [6, 6.07) is 13.7. The minimum absolute atomic E-state index is 0.0467. The second-order valence-corrected chi connectivity index (χ2v) is 8.47. The molecule has 2 aromatic carbocycles. The number of halogens is 1. The van der Waals surface area contributed by atoms with Gasteiger partial charge in [0, 0.05) is 32.6 Å². The smallest absolute Gasteiger partial charge is 0.245 e. The van der Waals surface area contributed by atoms with Crippen LogP contribution in [0.4, 0.5) is 4.39 Å². The predicted molar refractivity (Wildman–Crippen MR) is 119 cm³/mol. The first-order chi connectivity index (χ1) is 15.4. The van der Waals surface area contributed by atoms with E-state index in [0.717, 1.165) is 16.7 Å². The Bertz CT molecular complexity index is 1010. The fraction of sp³-hybridized carbons (Fsp3) is 0.400. The number of hydrogen-bond donors (Lipinski definition) is 1. The Morgan fingerprint density at radius 2 is 1.88 bits per heavy atom. The number of carbonyl (C=O) groups excluding carboxylic acids is 3. The molecule has 6 nitrogen and oxygen atoms in total. The zero-order chi connectivity index (χ0) is 22.7. The summed E-state index contributed by atoms with van der Waals surface area (Å²) in [5.41, 5.74) is 2.85. The summed E-state index contributed by atoms with van der Waals surface area (Å²) in [6.07, 6.45) is 1.37. The third kappa shape index (κ3) is 4.82. The van der Waals surface area contributed by atoms with Crippen molar-refractivity contribution in [3.63, 3.8) is 0 Å². The SMILES string of the molecule is CCN1CCN(C(=O)[C@H]2CCC(=O)N2)C[C@H](Cc2cccc(-c3ccc(F)cc3)c2)C1=O. The van der Waals surface area contributed by atoms with Gasteiger partial charge in [0.05, 0.1) is 5.92 Å². The molecular formula is C25H28FN3O3. The second-order valence-electron chi connectivity index (χ2n) is 8.47. The van der Waals surface area contributed by atoms with Gasteiger partial charge in [0.25, 0.3) is 0 Å². The van der Waals surface area contributed by atoms with Crippen LogP contribution in [0.25, 0.3) is 11.1 Å². The van der Waals surface area contributed by atoms with E-state index in [4.69, 9.17) is 0 Å². The van der Waals surface area contributed by atoms with Gasteiger partial charge in [0.15, 0.2) is 0 Å².